The highest BCUT2D eigenvalue weighted by atomic mass is 16.3. The first kappa shape index (κ1) is 14.8. The van der Waals surface area contributed by atoms with Crippen molar-refractivity contribution in [2.75, 3.05) is 13.1 Å². The van der Waals surface area contributed by atoms with E-state index in [-0.39, 0.29) is 6.04 Å². The zero-order valence-corrected chi connectivity index (χ0v) is 12.5. The molecule has 0 aliphatic heterocycles. The van der Waals surface area contributed by atoms with Gasteiger partial charge in [0.2, 0.25) is 0 Å². The van der Waals surface area contributed by atoms with Crippen LogP contribution in [0.2, 0.25) is 0 Å². The van der Waals surface area contributed by atoms with Crippen LogP contribution in [0.1, 0.15) is 36.9 Å². The second kappa shape index (κ2) is 6.72. The molecule has 2 N–H and O–H groups in total. The number of nitrogens with two attached hydrogens (primary N) is 1. The van der Waals surface area contributed by atoms with E-state index < -0.39 is 0 Å². The molecule has 5 heteroatoms. The van der Waals surface area contributed by atoms with Gasteiger partial charge in [-0.05, 0) is 25.1 Å². The lowest BCUT2D eigenvalue weighted by Gasteiger charge is -2.29. The number of aryl methyl sites for hydroxylation is 2. The molecule has 0 fully saturated rings. The minimum Gasteiger partial charge on any atom is -0.468 e. The molecule has 110 valence electrons. The summed E-state index contributed by atoms with van der Waals surface area (Å²) in [6, 6.07) is 4.09. The van der Waals surface area contributed by atoms with Crippen LogP contribution < -0.4 is 5.73 Å². The molecule has 0 saturated heterocycles. The molecule has 2 aromatic rings. The molecular formula is C15H24N4O. The van der Waals surface area contributed by atoms with Crippen LogP contribution >= 0.6 is 0 Å². The molecule has 0 bridgehead atoms. The Morgan fingerprint density at radius 1 is 1.45 bits per heavy atom. The van der Waals surface area contributed by atoms with Crippen molar-refractivity contribution in [3.63, 3.8) is 0 Å². The number of furan rings is 1. The molecule has 2 aromatic heterocycles. The van der Waals surface area contributed by atoms with Crippen molar-refractivity contribution >= 4 is 0 Å². The van der Waals surface area contributed by atoms with E-state index in [4.69, 9.17) is 10.2 Å². The summed E-state index contributed by atoms with van der Waals surface area (Å²) in [6.07, 6.45) is 4.72. The van der Waals surface area contributed by atoms with Crippen LogP contribution in [0.3, 0.4) is 0 Å². The lowest BCUT2D eigenvalue weighted by molar-refractivity contribution is 0.187. The van der Waals surface area contributed by atoms with E-state index in [0.29, 0.717) is 6.54 Å². The molecule has 0 saturated carbocycles. The summed E-state index contributed by atoms with van der Waals surface area (Å²) in [4.78, 5) is 2.33. The molecule has 5 nitrogen and oxygen atoms in total. The van der Waals surface area contributed by atoms with Gasteiger partial charge in [-0.25, -0.2) is 0 Å². The summed E-state index contributed by atoms with van der Waals surface area (Å²) < 4.78 is 7.33. The molecule has 0 radical (unpaired) electrons. The molecule has 0 spiro atoms. The normalized spacial score (nSPS) is 13.1. The lowest BCUT2D eigenvalue weighted by atomic mass is 10.0. The van der Waals surface area contributed by atoms with Gasteiger partial charge in [0.15, 0.2) is 0 Å². The molecule has 1 atom stereocenters. The second-order valence-corrected chi connectivity index (χ2v) is 4.95. The fourth-order valence-corrected chi connectivity index (χ4v) is 2.62. The number of hydrogen-bond donors (Lipinski definition) is 1. The zero-order valence-electron chi connectivity index (χ0n) is 12.5. The van der Waals surface area contributed by atoms with E-state index in [1.54, 1.807) is 6.26 Å². The summed E-state index contributed by atoms with van der Waals surface area (Å²) >= 11 is 0. The first-order valence-corrected chi connectivity index (χ1v) is 7.18. The van der Waals surface area contributed by atoms with Crippen LogP contribution in [-0.4, -0.2) is 27.8 Å². The van der Waals surface area contributed by atoms with Gasteiger partial charge in [-0.3, -0.25) is 9.58 Å². The summed E-state index contributed by atoms with van der Waals surface area (Å²) in [5, 5.41) is 4.52. The van der Waals surface area contributed by atoms with E-state index in [2.05, 4.69) is 30.0 Å². The Morgan fingerprint density at radius 3 is 2.80 bits per heavy atom. The second-order valence-electron chi connectivity index (χ2n) is 4.95. The highest BCUT2D eigenvalue weighted by Gasteiger charge is 2.23. The number of hydrogen-bond acceptors (Lipinski definition) is 4. The molecule has 0 amide bonds. The highest BCUT2D eigenvalue weighted by Crippen LogP contribution is 2.24. The number of rotatable bonds is 7. The zero-order chi connectivity index (χ0) is 14.5. The minimum atomic E-state index is 0.175. The van der Waals surface area contributed by atoms with Gasteiger partial charge in [-0.2, -0.15) is 5.10 Å². The smallest absolute Gasteiger partial charge is 0.117 e. The minimum absolute atomic E-state index is 0.175. The van der Waals surface area contributed by atoms with Gasteiger partial charge in [0.1, 0.15) is 5.76 Å². The van der Waals surface area contributed by atoms with Crippen LogP contribution in [-0.2, 0) is 20.0 Å². The van der Waals surface area contributed by atoms with Crippen LogP contribution in [0, 0.1) is 0 Å². The molecule has 2 rings (SSSR count). The van der Waals surface area contributed by atoms with Crippen molar-refractivity contribution in [2.24, 2.45) is 12.8 Å². The maximum atomic E-state index is 6.03. The molecule has 1 unspecified atom stereocenters. The molecule has 20 heavy (non-hydrogen) atoms. The summed E-state index contributed by atoms with van der Waals surface area (Å²) in [7, 11) is 1.96. The van der Waals surface area contributed by atoms with Crippen molar-refractivity contribution in [2.45, 2.75) is 32.9 Å². The maximum absolute atomic E-state index is 6.03. The first-order valence-electron chi connectivity index (χ1n) is 7.18. The average Bonchev–Trinajstić information content (AvgIpc) is 3.08. The van der Waals surface area contributed by atoms with E-state index in [0.717, 1.165) is 31.0 Å². The maximum Gasteiger partial charge on any atom is 0.117 e. The highest BCUT2D eigenvalue weighted by molar-refractivity contribution is 5.22. The Kier molecular flexibility index (Phi) is 4.98. The van der Waals surface area contributed by atoms with E-state index in [1.807, 2.05) is 23.9 Å². The SMILES string of the molecule is CCc1nn(C)cc1C(CN)N(CC)Cc1ccco1. The van der Waals surface area contributed by atoms with Crippen molar-refractivity contribution in [3.05, 3.63) is 41.6 Å². The van der Waals surface area contributed by atoms with E-state index in [9.17, 15) is 0 Å². The summed E-state index contributed by atoms with van der Waals surface area (Å²) in [6.45, 7) is 6.53. The van der Waals surface area contributed by atoms with E-state index in [1.165, 1.54) is 5.56 Å². The predicted octanol–water partition coefficient (Wildman–Crippen LogP) is 2.10. The third-order valence-electron chi connectivity index (χ3n) is 3.64. The third kappa shape index (κ3) is 3.11. The average molecular weight is 276 g/mol. The monoisotopic (exact) mass is 276 g/mol. The van der Waals surface area contributed by atoms with Gasteiger partial charge in [0.25, 0.3) is 0 Å². The summed E-state index contributed by atoms with van der Waals surface area (Å²) in [5.74, 6) is 0.965. The van der Waals surface area contributed by atoms with Gasteiger partial charge in [-0.1, -0.05) is 13.8 Å². The van der Waals surface area contributed by atoms with E-state index >= 15 is 0 Å². The Labute approximate surface area is 120 Å². The largest absolute Gasteiger partial charge is 0.468 e. The van der Waals surface area contributed by atoms with Crippen LogP contribution in [0.15, 0.2) is 29.0 Å². The lowest BCUT2D eigenvalue weighted by Crippen LogP contribution is -2.33. The van der Waals surface area contributed by atoms with Crippen LogP contribution in [0.4, 0.5) is 0 Å². The van der Waals surface area contributed by atoms with Gasteiger partial charge in [-0.15, -0.1) is 0 Å². The Hall–Kier alpha value is -1.59. The molecular weight excluding hydrogens is 252 g/mol. The number of aromatic nitrogens is 2. The number of likely N-dealkylation sites (N-methyl/N-ethyl adjacent to an activating group) is 1. The molecule has 0 aromatic carbocycles. The van der Waals surface area contributed by atoms with Crippen LogP contribution in [0.5, 0.6) is 0 Å². The predicted molar refractivity (Wildman–Crippen MR) is 79.2 cm³/mol. The van der Waals surface area contributed by atoms with Gasteiger partial charge in [0, 0.05) is 25.4 Å². The van der Waals surface area contributed by atoms with Gasteiger partial charge >= 0.3 is 0 Å². The van der Waals surface area contributed by atoms with Gasteiger partial charge < -0.3 is 10.2 Å². The third-order valence-corrected chi connectivity index (χ3v) is 3.64. The standard InChI is InChI=1S/C15H24N4O/c1-4-14-13(11-18(3)17-14)15(9-16)19(5-2)10-12-7-6-8-20-12/h6-8,11,15H,4-5,9-10,16H2,1-3H3. The molecule has 0 aliphatic rings. The molecule has 0 aliphatic carbocycles. The number of nitrogens with zero attached hydrogens (tertiary/aromatic N) is 3. The fraction of sp³-hybridized carbons (Fsp3) is 0.533. The first-order chi connectivity index (χ1) is 9.69. The van der Waals surface area contributed by atoms with Crippen molar-refractivity contribution in [1.82, 2.24) is 14.7 Å². The van der Waals surface area contributed by atoms with Crippen LogP contribution in [0.25, 0.3) is 0 Å². The molecule has 2 heterocycles. The van der Waals surface area contributed by atoms with Gasteiger partial charge in [0.05, 0.1) is 24.5 Å². The Morgan fingerprint density at radius 2 is 2.25 bits per heavy atom. The van der Waals surface area contributed by atoms with Crippen molar-refractivity contribution in [1.29, 1.82) is 0 Å². The Bertz CT molecular complexity index is 518. The topological polar surface area (TPSA) is 60.2 Å². The Balaban J connectivity index is 2.24. The van der Waals surface area contributed by atoms with Crippen molar-refractivity contribution < 1.29 is 4.42 Å². The quantitative estimate of drug-likeness (QED) is 0.841. The van der Waals surface area contributed by atoms with Crippen molar-refractivity contribution in [3.8, 4) is 0 Å². The summed E-state index contributed by atoms with van der Waals surface area (Å²) in [5.41, 5.74) is 8.39. The fourth-order valence-electron chi connectivity index (χ4n) is 2.62.